The van der Waals surface area contributed by atoms with E-state index in [1.54, 1.807) is 24.0 Å². The Kier molecular flexibility index (Phi) is 9.74. The second kappa shape index (κ2) is 12.3. The maximum absolute atomic E-state index is 14.0. The number of hydrogen-bond acceptors (Lipinski definition) is 6. The molecule has 0 aromatic heterocycles. The van der Waals surface area contributed by atoms with Crippen LogP contribution in [0.2, 0.25) is 0 Å². The van der Waals surface area contributed by atoms with Crippen molar-refractivity contribution in [2.75, 3.05) is 38.3 Å². The van der Waals surface area contributed by atoms with E-state index in [4.69, 9.17) is 9.47 Å². The van der Waals surface area contributed by atoms with Crippen molar-refractivity contribution in [1.29, 1.82) is 0 Å². The third kappa shape index (κ3) is 8.20. The molecule has 2 aliphatic rings. The molecule has 2 aromatic rings. The number of fused-ring (bicyclic) bond motifs is 1. The van der Waals surface area contributed by atoms with Crippen LogP contribution in [0.25, 0.3) is 0 Å². The average molecular weight is 579 g/mol. The van der Waals surface area contributed by atoms with Crippen molar-refractivity contribution >= 4 is 29.3 Å². The van der Waals surface area contributed by atoms with Crippen LogP contribution in [-0.4, -0.2) is 49.5 Å². The van der Waals surface area contributed by atoms with Gasteiger partial charge in [0, 0.05) is 25.2 Å². The second-order valence-electron chi connectivity index (χ2n) is 9.60. The van der Waals surface area contributed by atoms with Crippen molar-refractivity contribution in [3.8, 4) is 5.75 Å². The van der Waals surface area contributed by atoms with Crippen LogP contribution < -0.4 is 9.64 Å². The van der Waals surface area contributed by atoms with E-state index in [1.807, 2.05) is 11.4 Å². The number of carbonyl (C=O) groups excluding carboxylic acids is 1. The van der Waals surface area contributed by atoms with Crippen LogP contribution in [0.3, 0.4) is 0 Å². The lowest BCUT2D eigenvalue weighted by atomic mass is 10.1. The summed E-state index contributed by atoms with van der Waals surface area (Å²) in [6.07, 6.45) is -3.68. The van der Waals surface area contributed by atoms with Crippen LogP contribution in [0.5, 0.6) is 5.75 Å². The van der Waals surface area contributed by atoms with E-state index in [2.05, 4.69) is 0 Å². The Morgan fingerprint density at radius 1 is 1.05 bits per heavy atom. The first-order valence-corrected chi connectivity index (χ1v) is 13.3. The fourth-order valence-corrected chi connectivity index (χ4v) is 4.63. The third-order valence-electron chi connectivity index (χ3n) is 6.38. The average Bonchev–Trinajstić information content (AvgIpc) is 3.66. The highest BCUT2D eigenvalue weighted by atomic mass is 32.2. The number of nitrogens with zero attached hydrogens (tertiary/aromatic N) is 2. The molecular formula is C27H32F6N2O3S. The van der Waals surface area contributed by atoms with Crippen LogP contribution >= 0.6 is 11.9 Å². The highest BCUT2D eigenvalue weighted by Crippen LogP contribution is 2.50. The summed E-state index contributed by atoms with van der Waals surface area (Å²) in [6.45, 7) is 5.08. The maximum atomic E-state index is 14.0. The number of rotatable bonds is 7. The van der Waals surface area contributed by atoms with E-state index in [-0.39, 0.29) is 25.4 Å². The van der Waals surface area contributed by atoms with Gasteiger partial charge in [0.15, 0.2) is 0 Å². The van der Waals surface area contributed by atoms with Crippen molar-refractivity contribution in [2.24, 2.45) is 5.41 Å². The van der Waals surface area contributed by atoms with Gasteiger partial charge in [0.05, 0.1) is 22.8 Å². The maximum Gasteiger partial charge on any atom is 0.420 e. The molecule has 4 rings (SSSR count). The number of benzene rings is 2. The van der Waals surface area contributed by atoms with E-state index in [0.717, 1.165) is 13.0 Å². The second-order valence-corrected chi connectivity index (χ2v) is 10.8. The molecule has 12 heteroatoms. The largest absolute Gasteiger partial charge is 0.492 e. The molecule has 0 atom stereocenters. The topological polar surface area (TPSA) is 42.0 Å². The summed E-state index contributed by atoms with van der Waals surface area (Å²) in [7, 11) is 1.85. The minimum absolute atomic E-state index is 0.0625. The van der Waals surface area contributed by atoms with Crippen molar-refractivity contribution in [2.45, 2.75) is 57.0 Å². The molecule has 5 nitrogen and oxygen atoms in total. The van der Waals surface area contributed by atoms with E-state index in [1.165, 1.54) is 37.1 Å². The van der Waals surface area contributed by atoms with Crippen molar-refractivity contribution in [3.63, 3.8) is 0 Å². The Bertz CT molecular complexity index is 1130. The molecule has 0 N–H and O–H groups in total. The van der Waals surface area contributed by atoms with E-state index >= 15 is 0 Å². The molecule has 0 saturated heterocycles. The molecule has 0 bridgehead atoms. The molecule has 2 aromatic carbocycles. The summed E-state index contributed by atoms with van der Waals surface area (Å²) < 4.78 is 91.1. The van der Waals surface area contributed by atoms with Gasteiger partial charge in [-0.3, -0.25) is 4.79 Å². The van der Waals surface area contributed by atoms with E-state index in [0.29, 0.717) is 42.2 Å². The zero-order valence-electron chi connectivity index (χ0n) is 22.2. The number of likely N-dealkylation sites (N-methyl/N-ethyl adjacent to an activating group) is 1. The van der Waals surface area contributed by atoms with Crippen molar-refractivity contribution in [1.82, 2.24) is 4.31 Å². The third-order valence-corrected chi connectivity index (χ3v) is 7.39. The van der Waals surface area contributed by atoms with Gasteiger partial charge in [0.2, 0.25) is 5.92 Å². The van der Waals surface area contributed by atoms with Gasteiger partial charge in [-0.25, -0.2) is 17.5 Å². The molecule has 1 aliphatic carbocycles. The summed E-state index contributed by atoms with van der Waals surface area (Å²) in [6, 6.07) is 8.10. The Morgan fingerprint density at radius 3 is 2.18 bits per heavy atom. The number of ether oxygens (including phenoxy) is 2. The molecule has 1 fully saturated rings. The SMILES string of the molecule is CCC(C)(F)F.CCOC(=O)C1(COc2cc3c(cc2C(F)(F)F)N(c2ccc(F)cc2)CCN(C)S3)CC1. The lowest BCUT2D eigenvalue weighted by molar-refractivity contribution is -0.151. The zero-order chi connectivity index (χ0) is 29.0. The van der Waals surface area contributed by atoms with Crippen LogP contribution in [0, 0.1) is 11.2 Å². The van der Waals surface area contributed by atoms with Crippen molar-refractivity contribution < 1.29 is 40.6 Å². The normalized spacial score (nSPS) is 16.9. The number of alkyl halides is 5. The van der Waals surface area contributed by atoms with Gasteiger partial charge in [-0.05, 0) is 82.1 Å². The fraction of sp³-hybridized carbons (Fsp3) is 0.519. The summed E-state index contributed by atoms with van der Waals surface area (Å²) in [4.78, 5) is 14.5. The summed E-state index contributed by atoms with van der Waals surface area (Å²) in [5.41, 5.74) is -0.842. The number of halogens is 6. The van der Waals surface area contributed by atoms with Gasteiger partial charge in [0.1, 0.15) is 23.6 Å². The monoisotopic (exact) mass is 578 g/mol. The van der Waals surface area contributed by atoms with Gasteiger partial charge in [0.25, 0.3) is 0 Å². The van der Waals surface area contributed by atoms with Crippen LogP contribution in [0.15, 0.2) is 41.3 Å². The lowest BCUT2D eigenvalue weighted by Crippen LogP contribution is -2.26. The molecule has 0 radical (unpaired) electrons. The molecule has 39 heavy (non-hydrogen) atoms. The smallest absolute Gasteiger partial charge is 0.420 e. The summed E-state index contributed by atoms with van der Waals surface area (Å²) in [5, 5.41) is 0. The van der Waals surface area contributed by atoms with Crippen LogP contribution in [0.4, 0.5) is 37.7 Å². The quantitative estimate of drug-likeness (QED) is 0.191. The molecule has 1 aliphatic heterocycles. The van der Waals surface area contributed by atoms with Gasteiger partial charge in [-0.2, -0.15) is 13.2 Å². The summed E-state index contributed by atoms with van der Waals surface area (Å²) >= 11 is 1.31. The Hall–Kier alpha value is -2.60. The Labute approximate surface area is 228 Å². The minimum atomic E-state index is -4.66. The summed E-state index contributed by atoms with van der Waals surface area (Å²) in [5.74, 6) is -3.64. The van der Waals surface area contributed by atoms with Crippen molar-refractivity contribution in [3.05, 3.63) is 47.8 Å². The number of carbonyl (C=O) groups is 1. The van der Waals surface area contributed by atoms with Gasteiger partial charge in [-0.15, -0.1) is 0 Å². The van der Waals surface area contributed by atoms with Gasteiger partial charge >= 0.3 is 12.1 Å². The minimum Gasteiger partial charge on any atom is -0.492 e. The molecular weight excluding hydrogens is 546 g/mol. The molecule has 1 saturated carbocycles. The molecule has 0 unspecified atom stereocenters. The molecule has 1 heterocycles. The van der Waals surface area contributed by atoms with Gasteiger partial charge < -0.3 is 14.4 Å². The standard InChI is InChI=1S/C23H24F4N2O3S.C4H8F2/c1-3-31-21(30)22(8-9-22)14-32-19-13-20-18(12-17(19)23(25,26)27)29(11-10-28(2)33-20)16-6-4-15(24)5-7-16;1-3-4(2,5)6/h4-7,12-13H,3,8-11,14H2,1-2H3;3H2,1-2H3. The molecule has 216 valence electrons. The lowest BCUT2D eigenvalue weighted by Gasteiger charge is -2.26. The highest BCUT2D eigenvalue weighted by Gasteiger charge is 2.52. The van der Waals surface area contributed by atoms with Crippen LogP contribution in [0.1, 0.15) is 45.6 Å². The predicted molar refractivity (Wildman–Crippen MR) is 138 cm³/mol. The number of anilines is 2. The molecule has 0 amide bonds. The van der Waals surface area contributed by atoms with E-state index in [9.17, 15) is 31.1 Å². The first kappa shape index (κ1) is 30.9. The highest BCUT2D eigenvalue weighted by molar-refractivity contribution is 7.97. The Morgan fingerprint density at radius 2 is 1.67 bits per heavy atom. The predicted octanol–water partition coefficient (Wildman–Crippen LogP) is 7.71. The Balaban J connectivity index is 0.000000631. The fourth-order valence-electron chi connectivity index (χ4n) is 3.70. The number of esters is 1. The zero-order valence-corrected chi connectivity index (χ0v) is 23.0. The van der Waals surface area contributed by atoms with E-state index < -0.39 is 34.9 Å². The molecule has 0 spiro atoms. The van der Waals surface area contributed by atoms with Crippen LogP contribution in [-0.2, 0) is 15.7 Å². The first-order valence-electron chi connectivity index (χ1n) is 12.5. The van der Waals surface area contributed by atoms with Gasteiger partial charge in [-0.1, -0.05) is 6.92 Å². The first-order chi connectivity index (χ1) is 18.2. The number of hydrogen-bond donors (Lipinski definition) is 0.